The first-order valence-corrected chi connectivity index (χ1v) is 9.16. The first-order valence-electron chi connectivity index (χ1n) is 7.93. The molecular formula is C18H22N2O2S. The topological polar surface area (TPSA) is 45.5 Å². The number of likely N-dealkylation sites (tertiary alicyclic amines) is 1. The van der Waals surface area contributed by atoms with Crippen LogP contribution in [0.5, 0.6) is 0 Å². The molecule has 1 atom stereocenters. The second-order valence-corrected chi connectivity index (χ2v) is 6.65. The van der Waals surface area contributed by atoms with E-state index in [4.69, 9.17) is 4.42 Å². The fourth-order valence-electron chi connectivity index (χ4n) is 2.98. The monoisotopic (exact) mass is 330 g/mol. The average Bonchev–Trinajstić information content (AvgIpc) is 3.25. The zero-order chi connectivity index (χ0) is 16.1. The van der Waals surface area contributed by atoms with Crippen LogP contribution in [0, 0.1) is 0 Å². The summed E-state index contributed by atoms with van der Waals surface area (Å²) < 4.78 is 5.26. The van der Waals surface area contributed by atoms with Gasteiger partial charge in [0.25, 0.3) is 0 Å². The highest BCUT2D eigenvalue weighted by Gasteiger charge is 2.30. The summed E-state index contributed by atoms with van der Waals surface area (Å²) in [4.78, 5) is 16.0. The minimum atomic E-state index is -0.0369. The molecule has 122 valence electrons. The summed E-state index contributed by atoms with van der Waals surface area (Å²) >= 11 is 1.74. The minimum absolute atomic E-state index is 0.0369. The van der Waals surface area contributed by atoms with Gasteiger partial charge in [-0.1, -0.05) is 12.1 Å². The molecule has 0 saturated carbocycles. The van der Waals surface area contributed by atoms with Crippen molar-refractivity contribution in [2.75, 3.05) is 12.8 Å². The second-order valence-electron chi connectivity index (χ2n) is 5.77. The van der Waals surface area contributed by atoms with Gasteiger partial charge in [0.2, 0.25) is 5.91 Å². The standard InChI is InChI=1S/C18H22N2O2S/c1-23-16-8-6-14(7-9-16)13-20-10-2-5-17(20)18(21)19-12-15-4-3-11-22-15/h3-4,6-9,11,17H,2,5,10,12-13H2,1H3,(H,19,21). The molecule has 0 radical (unpaired) electrons. The molecule has 23 heavy (non-hydrogen) atoms. The molecular weight excluding hydrogens is 308 g/mol. The third-order valence-corrected chi connectivity index (χ3v) is 4.97. The maximum atomic E-state index is 12.4. The Kier molecular flexibility index (Phi) is 5.41. The Morgan fingerprint density at radius 3 is 2.87 bits per heavy atom. The lowest BCUT2D eigenvalue weighted by atomic mass is 10.1. The van der Waals surface area contributed by atoms with E-state index in [0.717, 1.165) is 31.7 Å². The van der Waals surface area contributed by atoms with Crippen LogP contribution in [0.15, 0.2) is 52.0 Å². The van der Waals surface area contributed by atoms with Crippen LogP contribution in [0.4, 0.5) is 0 Å². The Morgan fingerprint density at radius 2 is 2.17 bits per heavy atom. The number of nitrogens with one attached hydrogen (secondary N) is 1. The Balaban J connectivity index is 1.56. The summed E-state index contributed by atoms with van der Waals surface area (Å²) in [5.74, 6) is 0.884. The maximum absolute atomic E-state index is 12.4. The van der Waals surface area contributed by atoms with E-state index >= 15 is 0 Å². The molecule has 1 saturated heterocycles. The highest BCUT2D eigenvalue weighted by atomic mass is 32.2. The predicted octanol–water partition coefficient (Wildman–Crippen LogP) is 3.28. The van der Waals surface area contributed by atoms with E-state index in [0.29, 0.717) is 6.54 Å². The van der Waals surface area contributed by atoms with Crippen LogP contribution in [-0.4, -0.2) is 29.6 Å². The van der Waals surface area contributed by atoms with Crippen molar-refractivity contribution >= 4 is 17.7 Å². The molecule has 3 rings (SSSR count). The van der Waals surface area contributed by atoms with Gasteiger partial charge in [-0.3, -0.25) is 9.69 Å². The number of amides is 1. The van der Waals surface area contributed by atoms with Crippen LogP contribution in [0.3, 0.4) is 0 Å². The molecule has 5 heteroatoms. The molecule has 0 spiro atoms. The fourth-order valence-corrected chi connectivity index (χ4v) is 3.39. The zero-order valence-electron chi connectivity index (χ0n) is 13.3. The van der Waals surface area contributed by atoms with Crippen molar-refractivity contribution in [1.82, 2.24) is 10.2 Å². The molecule has 1 unspecified atom stereocenters. The lowest BCUT2D eigenvalue weighted by molar-refractivity contribution is -0.125. The van der Waals surface area contributed by atoms with Gasteiger partial charge in [-0.2, -0.15) is 0 Å². The van der Waals surface area contributed by atoms with Gasteiger partial charge >= 0.3 is 0 Å². The van der Waals surface area contributed by atoms with Gasteiger partial charge in [-0.15, -0.1) is 11.8 Å². The number of hydrogen-bond donors (Lipinski definition) is 1. The third kappa shape index (κ3) is 4.18. The highest BCUT2D eigenvalue weighted by molar-refractivity contribution is 7.98. The smallest absolute Gasteiger partial charge is 0.237 e. The van der Waals surface area contributed by atoms with Crippen molar-refractivity contribution in [3.8, 4) is 0 Å². The van der Waals surface area contributed by atoms with E-state index in [1.165, 1.54) is 10.5 Å². The van der Waals surface area contributed by atoms with Crippen molar-refractivity contribution < 1.29 is 9.21 Å². The number of hydrogen-bond acceptors (Lipinski definition) is 4. The Hall–Kier alpha value is -1.72. The predicted molar refractivity (Wildman–Crippen MR) is 92.2 cm³/mol. The van der Waals surface area contributed by atoms with Gasteiger partial charge in [0.05, 0.1) is 18.8 Å². The lowest BCUT2D eigenvalue weighted by Gasteiger charge is -2.23. The number of rotatable bonds is 6. The molecule has 1 fully saturated rings. The van der Waals surface area contributed by atoms with Gasteiger partial charge in [0.1, 0.15) is 5.76 Å². The number of carbonyl (C=O) groups is 1. The third-order valence-electron chi connectivity index (χ3n) is 4.23. The summed E-state index contributed by atoms with van der Waals surface area (Å²) in [7, 11) is 0. The molecule has 1 aromatic carbocycles. The fraction of sp³-hybridized carbons (Fsp3) is 0.389. The maximum Gasteiger partial charge on any atom is 0.237 e. The van der Waals surface area contributed by atoms with Crippen molar-refractivity contribution in [2.45, 2.75) is 36.9 Å². The largest absolute Gasteiger partial charge is 0.467 e. The normalized spacial score (nSPS) is 18.2. The zero-order valence-corrected chi connectivity index (χ0v) is 14.1. The summed E-state index contributed by atoms with van der Waals surface area (Å²) in [6, 6.07) is 12.3. The number of nitrogens with zero attached hydrogens (tertiary/aromatic N) is 1. The summed E-state index contributed by atoms with van der Waals surface area (Å²) in [5.41, 5.74) is 1.26. The Labute approximate surface area is 141 Å². The molecule has 1 amide bonds. The van der Waals surface area contributed by atoms with Crippen LogP contribution < -0.4 is 5.32 Å². The molecule has 4 nitrogen and oxygen atoms in total. The van der Waals surface area contributed by atoms with Crippen LogP contribution >= 0.6 is 11.8 Å². The second kappa shape index (κ2) is 7.70. The van der Waals surface area contributed by atoms with Crippen LogP contribution in [0.1, 0.15) is 24.2 Å². The number of thioether (sulfide) groups is 1. The first kappa shape index (κ1) is 16.1. The van der Waals surface area contributed by atoms with Crippen molar-refractivity contribution in [2.24, 2.45) is 0 Å². The molecule has 1 aliphatic heterocycles. The van der Waals surface area contributed by atoms with E-state index in [2.05, 4.69) is 40.7 Å². The number of carbonyl (C=O) groups excluding carboxylic acids is 1. The van der Waals surface area contributed by atoms with Crippen molar-refractivity contribution in [1.29, 1.82) is 0 Å². The Bertz CT molecular complexity index is 625. The van der Waals surface area contributed by atoms with E-state index in [1.54, 1.807) is 18.0 Å². The van der Waals surface area contributed by atoms with Crippen LogP contribution in [-0.2, 0) is 17.9 Å². The molecule has 1 N–H and O–H groups in total. The first-order chi connectivity index (χ1) is 11.3. The molecule has 1 aliphatic rings. The van der Waals surface area contributed by atoms with Gasteiger partial charge < -0.3 is 9.73 Å². The van der Waals surface area contributed by atoms with Gasteiger partial charge in [-0.25, -0.2) is 0 Å². The quantitative estimate of drug-likeness (QED) is 0.826. The number of benzene rings is 1. The van der Waals surface area contributed by atoms with Crippen LogP contribution in [0.2, 0.25) is 0 Å². The van der Waals surface area contributed by atoms with Gasteiger partial charge in [-0.05, 0) is 55.5 Å². The number of furan rings is 1. The van der Waals surface area contributed by atoms with E-state index < -0.39 is 0 Å². The molecule has 0 bridgehead atoms. The molecule has 0 aliphatic carbocycles. The minimum Gasteiger partial charge on any atom is -0.467 e. The molecule has 2 aromatic rings. The van der Waals surface area contributed by atoms with E-state index in [1.807, 2.05) is 12.1 Å². The van der Waals surface area contributed by atoms with E-state index in [-0.39, 0.29) is 11.9 Å². The molecule has 1 aromatic heterocycles. The van der Waals surface area contributed by atoms with Crippen LogP contribution in [0.25, 0.3) is 0 Å². The summed E-state index contributed by atoms with van der Waals surface area (Å²) in [5, 5.41) is 2.98. The van der Waals surface area contributed by atoms with Crippen molar-refractivity contribution in [3.05, 3.63) is 54.0 Å². The molecule has 2 heterocycles. The lowest BCUT2D eigenvalue weighted by Crippen LogP contribution is -2.42. The SMILES string of the molecule is CSc1ccc(CN2CCCC2C(=O)NCc2ccco2)cc1. The van der Waals surface area contributed by atoms with Crippen molar-refractivity contribution in [3.63, 3.8) is 0 Å². The van der Waals surface area contributed by atoms with Gasteiger partial charge in [0.15, 0.2) is 0 Å². The Morgan fingerprint density at radius 1 is 1.35 bits per heavy atom. The van der Waals surface area contributed by atoms with Gasteiger partial charge in [0, 0.05) is 11.4 Å². The summed E-state index contributed by atoms with van der Waals surface area (Å²) in [6.45, 7) is 2.26. The summed E-state index contributed by atoms with van der Waals surface area (Å²) in [6.07, 6.45) is 5.70. The average molecular weight is 330 g/mol. The highest BCUT2D eigenvalue weighted by Crippen LogP contribution is 2.22. The van der Waals surface area contributed by atoms with E-state index in [9.17, 15) is 4.79 Å².